The van der Waals surface area contributed by atoms with Crippen LogP contribution in [0.15, 0.2) is 4.42 Å². The van der Waals surface area contributed by atoms with E-state index in [9.17, 15) is 16.8 Å². The molecule has 4 rings (SSSR count). The first-order valence-electron chi connectivity index (χ1n) is 8.61. The Morgan fingerprint density at radius 1 is 1.16 bits per heavy atom. The van der Waals surface area contributed by atoms with Gasteiger partial charge in [-0.15, -0.1) is 0 Å². The normalized spacial score (nSPS) is 28.1. The lowest BCUT2D eigenvalue weighted by Gasteiger charge is -2.27. The first kappa shape index (κ1) is 17.4. The van der Waals surface area contributed by atoms with Gasteiger partial charge in [0.15, 0.2) is 15.7 Å². The van der Waals surface area contributed by atoms with Crippen molar-refractivity contribution in [1.29, 1.82) is 0 Å². The van der Waals surface area contributed by atoms with E-state index in [2.05, 4.69) is 4.98 Å². The number of rotatable bonds is 3. The fourth-order valence-corrected chi connectivity index (χ4v) is 8.23. The molecule has 140 valence electrons. The van der Waals surface area contributed by atoms with Crippen molar-refractivity contribution in [3.8, 4) is 0 Å². The first-order chi connectivity index (χ1) is 11.9. The second-order valence-corrected chi connectivity index (χ2v) is 11.4. The molecule has 8 nitrogen and oxygen atoms in total. The van der Waals surface area contributed by atoms with Gasteiger partial charge in [-0.05, 0) is 19.3 Å². The standard InChI is InChI=1S/C15H22N2O6S2/c18-24(19)8-4-12(10-24)25(20,21)17-5-1-14-13(9-17)16-15(23-14)11-2-6-22-7-3-11/h11-12H,1-10H2. The quantitative estimate of drug-likeness (QED) is 0.737. The summed E-state index contributed by atoms with van der Waals surface area (Å²) in [5, 5.41) is -0.832. The molecule has 0 aromatic carbocycles. The fourth-order valence-electron chi connectivity index (χ4n) is 3.74. The van der Waals surface area contributed by atoms with Gasteiger partial charge in [-0.3, -0.25) is 0 Å². The molecule has 25 heavy (non-hydrogen) atoms. The number of fused-ring (bicyclic) bond motifs is 1. The first-order valence-corrected chi connectivity index (χ1v) is 11.9. The Labute approximate surface area is 147 Å². The molecular formula is C15H22N2O6S2. The lowest BCUT2D eigenvalue weighted by Crippen LogP contribution is -2.42. The molecule has 10 heteroatoms. The largest absolute Gasteiger partial charge is 0.445 e. The monoisotopic (exact) mass is 390 g/mol. The molecule has 4 heterocycles. The van der Waals surface area contributed by atoms with Crippen molar-refractivity contribution in [3.05, 3.63) is 17.3 Å². The van der Waals surface area contributed by atoms with Gasteiger partial charge in [-0.25, -0.2) is 21.8 Å². The number of hydrogen-bond donors (Lipinski definition) is 0. The minimum absolute atomic E-state index is 0.0478. The highest BCUT2D eigenvalue weighted by atomic mass is 32.2. The van der Waals surface area contributed by atoms with Gasteiger partial charge < -0.3 is 9.15 Å². The fraction of sp³-hybridized carbons (Fsp3) is 0.800. The third-order valence-electron chi connectivity index (χ3n) is 5.25. The zero-order valence-electron chi connectivity index (χ0n) is 13.9. The van der Waals surface area contributed by atoms with E-state index in [-0.39, 0.29) is 30.4 Å². The topological polar surface area (TPSA) is 107 Å². The Bertz CT molecular complexity index is 855. The zero-order valence-corrected chi connectivity index (χ0v) is 15.5. The van der Waals surface area contributed by atoms with Crippen LogP contribution in [-0.2, 0) is 37.6 Å². The summed E-state index contributed by atoms with van der Waals surface area (Å²) in [6, 6.07) is 0. The van der Waals surface area contributed by atoms with Crippen LogP contribution >= 0.6 is 0 Å². The van der Waals surface area contributed by atoms with Gasteiger partial charge in [0.2, 0.25) is 10.0 Å². The Balaban J connectivity index is 1.51. The lowest BCUT2D eigenvalue weighted by molar-refractivity contribution is 0.0791. The van der Waals surface area contributed by atoms with E-state index in [1.54, 1.807) is 0 Å². The molecule has 0 bridgehead atoms. The van der Waals surface area contributed by atoms with Gasteiger partial charge in [0.05, 0.1) is 29.0 Å². The van der Waals surface area contributed by atoms with Crippen LogP contribution in [0, 0.1) is 0 Å². The summed E-state index contributed by atoms with van der Waals surface area (Å²) in [4.78, 5) is 4.55. The maximum Gasteiger partial charge on any atom is 0.218 e. The van der Waals surface area contributed by atoms with Crippen LogP contribution in [0.2, 0.25) is 0 Å². The predicted molar refractivity (Wildman–Crippen MR) is 89.4 cm³/mol. The number of ether oxygens (including phenoxy) is 1. The maximum absolute atomic E-state index is 12.8. The average Bonchev–Trinajstić information content (AvgIpc) is 3.18. The zero-order chi connectivity index (χ0) is 17.7. The molecule has 3 aliphatic rings. The summed E-state index contributed by atoms with van der Waals surface area (Å²) in [7, 11) is -6.88. The SMILES string of the molecule is O=S1(=O)CCC(S(=O)(=O)N2CCc3oc(C4CCOCC4)nc3C2)C1. The predicted octanol–water partition coefficient (Wildman–Crippen LogP) is 0.444. The highest BCUT2D eigenvalue weighted by molar-refractivity contribution is 7.95. The van der Waals surface area contributed by atoms with Crippen LogP contribution in [0.5, 0.6) is 0 Å². The van der Waals surface area contributed by atoms with E-state index in [4.69, 9.17) is 9.15 Å². The molecule has 0 radical (unpaired) electrons. The minimum atomic E-state index is -3.64. The molecule has 0 amide bonds. The number of aromatic nitrogens is 1. The van der Waals surface area contributed by atoms with Crippen molar-refractivity contribution >= 4 is 19.9 Å². The number of sulfonamides is 1. The second-order valence-electron chi connectivity index (χ2n) is 6.96. The number of hydrogen-bond acceptors (Lipinski definition) is 7. The Morgan fingerprint density at radius 3 is 2.60 bits per heavy atom. The van der Waals surface area contributed by atoms with Crippen LogP contribution < -0.4 is 0 Å². The van der Waals surface area contributed by atoms with Gasteiger partial charge in [-0.2, -0.15) is 4.31 Å². The van der Waals surface area contributed by atoms with Gasteiger partial charge in [0, 0.05) is 32.1 Å². The van der Waals surface area contributed by atoms with E-state index >= 15 is 0 Å². The molecule has 0 aliphatic carbocycles. The minimum Gasteiger partial charge on any atom is -0.445 e. The van der Waals surface area contributed by atoms with Crippen LogP contribution in [0.25, 0.3) is 0 Å². The van der Waals surface area contributed by atoms with Crippen LogP contribution in [0.1, 0.15) is 42.5 Å². The Kier molecular flexibility index (Phi) is 4.41. The van der Waals surface area contributed by atoms with Gasteiger partial charge in [0.25, 0.3) is 0 Å². The molecule has 0 saturated carbocycles. The van der Waals surface area contributed by atoms with Crippen LogP contribution in [0.3, 0.4) is 0 Å². The maximum atomic E-state index is 12.8. The summed E-state index contributed by atoms with van der Waals surface area (Å²) in [5.74, 6) is 1.34. The molecule has 0 N–H and O–H groups in total. The van der Waals surface area contributed by atoms with E-state index in [0.29, 0.717) is 37.8 Å². The van der Waals surface area contributed by atoms with Gasteiger partial charge in [0.1, 0.15) is 5.76 Å². The van der Waals surface area contributed by atoms with Crippen molar-refractivity contribution < 1.29 is 26.0 Å². The number of sulfone groups is 1. The molecule has 1 unspecified atom stereocenters. The lowest BCUT2D eigenvalue weighted by atomic mass is 10.0. The molecule has 2 saturated heterocycles. The molecule has 0 spiro atoms. The highest BCUT2D eigenvalue weighted by Crippen LogP contribution is 2.32. The van der Waals surface area contributed by atoms with E-state index < -0.39 is 25.1 Å². The molecule has 1 aromatic heterocycles. The molecular weight excluding hydrogens is 368 g/mol. The Morgan fingerprint density at radius 2 is 1.92 bits per heavy atom. The molecule has 1 aromatic rings. The average molecular weight is 390 g/mol. The van der Waals surface area contributed by atoms with Gasteiger partial charge >= 0.3 is 0 Å². The van der Waals surface area contributed by atoms with Crippen LogP contribution in [-0.4, -0.2) is 62.6 Å². The Hall–Kier alpha value is -0.970. The van der Waals surface area contributed by atoms with Crippen molar-refractivity contribution in [2.75, 3.05) is 31.3 Å². The smallest absolute Gasteiger partial charge is 0.218 e. The third kappa shape index (κ3) is 3.36. The van der Waals surface area contributed by atoms with Crippen molar-refractivity contribution in [3.63, 3.8) is 0 Å². The van der Waals surface area contributed by atoms with E-state index in [1.165, 1.54) is 4.31 Å². The number of oxazole rings is 1. The second kappa shape index (κ2) is 6.33. The third-order valence-corrected chi connectivity index (χ3v) is 9.51. The summed E-state index contributed by atoms with van der Waals surface area (Å²) in [6.45, 7) is 1.86. The van der Waals surface area contributed by atoms with E-state index in [0.717, 1.165) is 18.6 Å². The highest BCUT2D eigenvalue weighted by Gasteiger charge is 2.42. The molecule has 1 atom stereocenters. The van der Waals surface area contributed by atoms with Crippen LogP contribution in [0.4, 0.5) is 0 Å². The molecule has 2 fully saturated rings. The summed E-state index contributed by atoms with van der Waals surface area (Å²) in [5.41, 5.74) is 0.664. The van der Waals surface area contributed by atoms with Gasteiger partial charge in [-0.1, -0.05) is 0 Å². The van der Waals surface area contributed by atoms with Crippen molar-refractivity contribution in [2.24, 2.45) is 0 Å². The molecule has 3 aliphatic heterocycles. The van der Waals surface area contributed by atoms with Crippen molar-refractivity contribution in [2.45, 2.75) is 43.4 Å². The van der Waals surface area contributed by atoms with E-state index in [1.807, 2.05) is 0 Å². The summed E-state index contributed by atoms with van der Waals surface area (Å²) >= 11 is 0. The summed E-state index contributed by atoms with van der Waals surface area (Å²) < 4.78 is 61.4. The number of nitrogens with zero attached hydrogens (tertiary/aromatic N) is 2. The summed E-state index contributed by atoms with van der Waals surface area (Å²) in [6.07, 6.45) is 2.38. The van der Waals surface area contributed by atoms with Crippen molar-refractivity contribution in [1.82, 2.24) is 9.29 Å².